The van der Waals surface area contributed by atoms with Gasteiger partial charge in [0.15, 0.2) is 0 Å². The zero-order chi connectivity index (χ0) is 17.8. The molecule has 0 N–H and O–H groups in total. The van der Waals surface area contributed by atoms with Gasteiger partial charge in [-0.1, -0.05) is 43.0 Å². The number of carbonyl (C=O) groups is 2. The summed E-state index contributed by atoms with van der Waals surface area (Å²) in [5, 5.41) is 0. The Balaban J connectivity index is 2.00. The number of ether oxygens (including phenoxy) is 1. The number of benzene rings is 2. The molecule has 1 aliphatic rings. The summed E-state index contributed by atoms with van der Waals surface area (Å²) in [5.41, 5.74) is 3.84. The van der Waals surface area contributed by atoms with Crippen molar-refractivity contribution in [3.05, 3.63) is 83.4 Å². The van der Waals surface area contributed by atoms with Gasteiger partial charge in [-0.05, 0) is 48.2 Å². The van der Waals surface area contributed by atoms with Gasteiger partial charge in [-0.3, -0.25) is 4.79 Å². The van der Waals surface area contributed by atoms with Gasteiger partial charge in [-0.2, -0.15) is 0 Å². The van der Waals surface area contributed by atoms with Gasteiger partial charge >= 0.3 is 5.97 Å². The smallest absolute Gasteiger partial charge is 0.338 e. The fraction of sp³-hybridized carbons (Fsp3) is 0.238. The highest BCUT2D eigenvalue weighted by Crippen LogP contribution is 2.35. The summed E-state index contributed by atoms with van der Waals surface area (Å²) in [6, 6.07) is 15.3. The van der Waals surface area contributed by atoms with Gasteiger partial charge in [0.1, 0.15) is 0 Å². The van der Waals surface area contributed by atoms with Gasteiger partial charge in [0.25, 0.3) is 0 Å². The standard InChI is InChI=1S/C21H21NO3/c1-3-19(23)22-14-13-15-7-5-6-8-18(15)20(22)16-9-11-17(12-10-16)21(24)25-4-2/h3,5-12,20H,1,4,13-14H2,2H3. The Labute approximate surface area is 147 Å². The molecule has 0 spiro atoms. The highest BCUT2D eigenvalue weighted by atomic mass is 16.5. The third-order valence-corrected chi connectivity index (χ3v) is 4.48. The molecule has 0 aliphatic carbocycles. The van der Waals surface area contributed by atoms with E-state index in [1.807, 2.05) is 29.2 Å². The van der Waals surface area contributed by atoms with Crippen molar-refractivity contribution in [2.75, 3.05) is 13.2 Å². The van der Waals surface area contributed by atoms with Crippen LogP contribution >= 0.6 is 0 Å². The minimum Gasteiger partial charge on any atom is -0.462 e. The fourth-order valence-corrected chi connectivity index (χ4v) is 3.30. The van der Waals surface area contributed by atoms with Gasteiger partial charge < -0.3 is 9.64 Å². The first-order valence-electron chi connectivity index (χ1n) is 8.43. The maximum Gasteiger partial charge on any atom is 0.338 e. The zero-order valence-corrected chi connectivity index (χ0v) is 14.3. The summed E-state index contributed by atoms with van der Waals surface area (Å²) < 4.78 is 5.03. The molecule has 0 fully saturated rings. The maximum atomic E-state index is 12.4. The Morgan fingerprint density at radius 2 is 1.92 bits per heavy atom. The van der Waals surface area contributed by atoms with E-state index in [-0.39, 0.29) is 17.9 Å². The summed E-state index contributed by atoms with van der Waals surface area (Å²) in [4.78, 5) is 26.0. The van der Waals surface area contributed by atoms with E-state index in [0.717, 1.165) is 17.5 Å². The zero-order valence-electron chi connectivity index (χ0n) is 14.3. The number of amides is 1. The van der Waals surface area contributed by atoms with E-state index in [1.54, 1.807) is 19.1 Å². The minimum absolute atomic E-state index is 0.0889. The van der Waals surface area contributed by atoms with E-state index >= 15 is 0 Å². The van der Waals surface area contributed by atoms with Crippen LogP contribution in [0.3, 0.4) is 0 Å². The predicted octanol–water partition coefficient (Wildman–Crippen LogP) is 3.52. The Kier molecular flexibility index (Phi) is 4.98. The molecule has 0 saturated carbocycles. The van der Waals surface area contributed by atoms with Crippen LogP contribution < -0.4 is 0 Å². The van der Waals surface area contributed by atoms with Gasteiger partial charge in [0, 0.05) is 6.54 Å². The van der Waals surface area contributed by atoms with Crippen molar-refractivity contribution in [2.24, 2.45) is 0 Å². The van der Waals surface area contributed by atoms with E-state index in [9.17, 15) is 9.59 Å². The highest BCUT2D eigenvalue weighted by Gasteiger charge is 2.30. The summed E-state index contributed by atoms with van der Waals surface area (Å²) in [5.74, 6) is -0.425. The lowest BCUT2D eigenvalue weighted by Crippen LogP contribution is -2.39. The van der Waals surface area contributed by atoms with Crippen LogP contribution in [0.5, 0.6) is 0 Å². The maximum absolute atomic E-state index is 12.4. The summed E-state index contributed by atoms with van der Waals surface area (Å²) in [6.45, 7) is 6.40. The molecular formula is C21H21NO3. The van der Waals surface area contributed by atoms with Crippen molar-refractivity contribution >= 4 is 11.9 Å². The molecule has 2 aromatic carbocycles. The Bertz CT molecular complexity index is 795. The van der Waals surface area contributed by atoms with E-state index in [2.05, 4.69) is 18.7 Å². The predicted molar refractivity (Wildman–Crippen MR) is 96.3 cm³/mol. The second-order valence-electron chi connectivity index (χ2n) is 5.93. The molecule has 0 aromatic heterocycles. The van der Waals surface area contributed by atoms with E-state index < -0.39 is 0 Å². The number of nitrogens with zero attached hydrogens (tertiary/aromatic N) is 1. The summed E-state index contributed by atoms with van der Waals surface area (Å²) >= 11 is 0. The second kappa shape index (κ2) is 7.34. The molecule has 4 heteroatoms. The molecule has 128 valence electrons. The van der Waals surface area contributed by atoms with Crippen LogP contribution in [0.2, 0.25) is 0 Å². The van der Waals surface area contributed by atoms with Crippen LogP contribution in [-0.4, -0.2) is 29.9 Å². The molecule has 1 amide bonds. The number of rotatable bonds is 4. The molecule has 0 bridgehead atoms. The van der Waals surface area contributed by atoms with E-state index in [4.69, 9.17) is 4.74 Å². The van der Waals surface area contributed by atoms with Crippen molar-refractivity contribution < 1.29 is 14.3 Å². The number of carbonyl (C=O) groups excluding carboxylic acids is 2. The highest BCUT2D eigenvalue weighted by molar-refractivity contribution is 5.90. The van der Waals surface area contributed by atoms with E-state index in [0.29, 0.717) is 18.7 Å². The van der Waals surface area contributed by atoms with Gasteiger partial charge in [-0.15, -0.1) is 0 Å². The quantitative estimate of drug-likeness (QED) is 0.634. The molecule has 25 heavy (non-hydrogen) atoms. The molecule has 1 heterocycles. The summed E-state index contributed by atoms with van der Waals surface area (Å²) in [6.07, 6.45) is 2.18. The normalized spacial score (nSPS) is 16.0. The first-order valence-corrected chi connectivity index (χ1v) is 8.43. The number of hydrogen-bond donors (Lipinski definition) is 0. The van der Waals surface area contributed by atoms with Crippen LogP contribution in [0.15, 0.2) is 61.2 Å². The fourth-order valence-electron chi connectivity index (χ4n) is 3.30. The molecule has 4 nitrogen and oxygen atoms in total. The van der Waals surface area contributed by atoms with E-state index in [1.165, 1.54) is 11.6 Å². The molecule has 1 aliphatic heterocycles. The minimum atomic E-state index is -0.336. The van der Waals surface area contributed by atoms with Crippen LogP contribution in [0.25, 0.3) is 0 Å². The monoisotopic (exact) mass is 335 g/mol. The van der Waals surface area contributed by atoms with Crippen LogP contribution in [-0.2, 0) is 16.0 Å². The first-order chi connectivity index (χ1) is 12.2. The number of esters is 1. The lowest BCUT2D eigenvalue weighted by Gasteiger charge is -2.37. The van der Waals surface area contributed by atoms with Crippen LogP contribution in [0.1, 0.15) is 40.0 Å². The average molecular weight is 335 g/mol. The SMILES string of the molecule is C=CC(=O)N1CCc2ccccc2C1c1ccc(C(=O)OCC)cc1. The molecule has 1 unspecified atom stereocenters. The van der Waals surface area contributed by atoms with Crippen molar-refractivity contribution in [1.82, 2.24) is 4.90 Å². The topological polar surface area (TPSA) is 46.6 Å². The third-order valence-electron chi connectivity index (χ3n) is 4.48. The Morgan fingerprint density at radius 3 is 2.60 bits per heavy atom. The van der Waals surface area contributed by atoms with Gasteiger partial charge in [-0.25, -0.2) is 4.79 Å². The molecule has 0 radical (unpaired) electrons. The molecule has 1 atom stereocenters. The Hall–Kier alpha value is -2.88. The molecular weight excluding hydrogens is 314 g/mol. The lowest BCUT2D eigenvalue weighted by molar-refractivity contribution is -0.128. The lowest BCUT2D eigenvalue weighted by atomic mass is 9.88. The average Bonchev–Trinajstić information content (AvgIpc) is 2.66. The largest absolute Gasteiger partial charge is 0.462 e. The van der Waals surface area contributed by atoms with Crippen molar-refractivity contribution in [2.45, 2.75) is 19.4 Å². The van der Waals surface area contributed by atoms with Crippen molar-refractivity contribution in [3.63, 3.8) is 0 Å². The molecule has 3 rings (SSSR count). The van der Waals surface area contributed by atoms with Crippen LogP contribution in [0.4, 0.5) is 0 Å². The third kappa shape index (κ3) is 3.33. The second-order valence-corrected chi connectivity index (χ2v) is 5.93. The van der Waals surface area contributed by atoms with Gasteiger partial charge in [0.2, 0.25) is 5.91 Å². The summed E-state index contributed by atoms with van der Waals surface area (Å²) in [7, 11) is 0. The van der Waals surface area contributed by atoms with Gasteiger partial charge in [0.05, 0.1) is 18.2 Å². The van der Waals surface area contributed by atoms with Crippen molar-refractivity contribution in [1.29, 1.82) is 0 Å². The first kappa shape index (κ1) is 17.0. The molecule has 2 aromatic rings. The number of fused-ring (bicyclic) bond motifs is 1. The van der Waals surface area contributed by atoms with Crippen molar-refractivity contribution in [3.8, 4) is 0 Å². The number of hydrogen-bond acceptors (Lipinski definition) is 3. The Morgan fingerprint density at radius 1 is 1.20 bits per heavy atom. The molecule has 0 saturated heterocycles. The van der Waals surface area contributed by atoms with Crippen LogP contribution in [0, 0.1) is 0 Å².